The number of hydrogen-bond acceptors (Lipinski definition) is 3. The number of hydrogen-bond donors (Lipinski definition) is 2. The molecule has 0 radical (unpaired) electrons. The summed E-state index contributed by atoms with van der Waals surface area (Å²) in [6.07, 6.45) is 6.81. The van der Waals surface area contributed by atoms with E-state index in [1.54, 1.807) is 13.0 Å². The van der Waals surface area contributed by atoms with Crippen molar-refractivity contribution in [2.45, 2.75) is 38.4 Å². The van der Waals surface area contributed by atoms with Gasteiger partial charge in [0.05, 0.1) is 12.6 Å². The van der Waals surface area contributed by atoms with Crippen molar-refractivity contribution < 1.29 is 14.6 Å². The van der Waals surface area contributed by atoms with Gasteiger partial charge in [0, 0.05) is 0 Å². The van der Waals surface area contributed by atoms with E-state index in [4.69, 9.17) is 11.2 Å². The highest BCUT2D eigenvalue weighted by Gasteiger charge is 2.19. The number of carbonyl (C=O) groups is 1. The van der Waals surface area contributed by atoms with Crippen molar-refractivity contribution in [2.75, 3.05) is 6.54 Å². The third kappa shape index (κ3) is 3.31. The molecule has 0 fully saturated rings. The number of nitrogens with one attached hydrogen (secondary N) is 1. The Labute approximate surface area is 119 Å². The summed E-state index contributed by atoms with van der Waals surface area (Å²) in [5.41, 5.74) is 2.06. The standard InChI is InChI=1S/C16H19NO3/c1-3-9-17-16(19)11(2)20-13-7-8-14-12(10-13)5-4-6-15(14)18/h1,7-8,10-11,15,18H,4-6,9H2,2H3,(H,17,19). The number of amides is 1. The van der Waals surface area contributed by atoms with Crippen LogP contribution in [0.1, 0.15) is 37.0 Å². The third-order valence-corrected chi connectivity index (χ3v) is 3.44. The fourth-order valence-corrected chi connectivity index (χ4v) is 2.38. The lowest BCUT2D eigenvalue weighted by Gasteiger charge is -2.22. The van der Waals surface area contributed by atoms with Gasteiger partial charge in [-0.05, 0) is 49.4 Å². The number of ether oxygens (including phenoxy) is 1. The van der Waals surface area contributed by atoms with Crippen LogP contribution in [0.25, 0.3) is 0 Å². The summed E-state index contributed by atoms with van der Waals surface area (Å²) in [7, 11) is 0. The van der Waals surface area contributed by atoms with Gasteiger partial charge in [-0.1, -0.05) is 12.0 Å². The molecule has 4 heteroatoms. The topological polar surface area (TPSA) is 58.6 Å². The second-order valence-electron chi connectivity index (χ2n) is 4.95. The summed E-state index contributed by atoms with van der Waals surface area (Å²) >= 11 is 0. The molecule has 2 N–H and O–H groups in total. The summed E-state index contributed by atoms with van der Waals surface area (Å²) in [5, 5.41) is 12.5. The van der Waals surface area contributed by atoms with Crippen LogP contribution in [-0.2, 0) is 11.2 Å². The average molecular weight is 273 g/mol. The number of benzene rings is 1. The van der Waals surface area contributed by atoms with E-state index in [-0.39, 0.29) is 18.6 Å². The molecule has 20 heavy (non-hydrogen) atoms. The Morgan fingerprint density at radius 3 is 3.20 bits per heavy atom. The Morgan fingerprint density at radius 2 is 2.45 bits per heavy atom. The lowest BCUT2D eigenvalue weighted by molar-refractivity contribution is -0.127. The van der Waals surface area contributed by atoms with E-state index in [1.807, 2.05) is 12.1 Å². The highest BCUT2D eigenvalue weighted by atomic mass is 16.5. The Bertz CT molecular complexity index is 533. The Balaban J connectivity index is 2.03. The number of aliphatic hydroxyl groups excluding tert-OH is 1. The summed E-state index contributed by atoms with van der Waals surface area (Å²) in [6.45, 7) is 1.88. The van der Waals surface area contributed by atoms with Crippen LogP contribution in [0.3, 0.4) is 0 Å². The van der Waals surface area contributed by atoms with Gasteiger partial charge >= 0.3 is 0 Å². The van der Waals surface area contributed by atoms with Crippen LogP contribution in [-0.4, -0.2) is 23.7 Å². The van der Waals surface area contributed by atoms with E-state index >= 15 is 0 Å². The molecule has 0 saturated carbocycles. The van der Waals surface area contributed by atoms with Crippen molar-refractivity contribution in [1.82, 2.24) is 5.32 Å². The molecular weight excluding hydrogens is 254 g/mol. The van der Waals surface area contributed by atoms with Crippen molar-refractivity contribution in [3.8, 4) is 18.1 Å². The largest absolute Gasteiger partial charge is 0.481 e. The molecule has 0 spiro atoms. The Kier molecular flexibility index (Phi) is 4.65. The fraction of sp³-hybridized carbons (Fsp3) is 0.438. The van der Waals surface area contributed by atoms with Crippen LogP contribution in [0, 0.1) is 12.3 Å². The van der Waals surface area contributed by atoms with Crippen molar-refractivity contribution >= 4 is 5.91 Å². The zero-order valence-electron chi connectivity index (χ0n) is 11.6. The number of fused-ring (bicyclic) bond motifs is 1. The van der Waals surface area contributed by atoms with Gasteiger partial charge in [-0.15, -0.1) is 6.42 Å². The van der Waals surface area contributed by atoms with Crippen LogP contribution in [0.2, 0.25) is 0 Å². The van der Waals surface area contributed by atoms with Crippen molar-refractivity contribution in [3.63, 3.8) is 0 Å². The molecular formula is C16H19NO3. The molecule has 4 nitrogen and oxygen atoms in total. The molecule has 0 saturated heterocycles. The van der Waals surface area contributed by atoms with E-state index in [2.05, 4.69) is 11.2 Å². The zero-order chi connectivity index (χ0) is 14.5. The van der Waals surface area contributed by atoms with Crippen LogP contribution >= 0.6 is 0 Å². The summed E-state index contributed by atoms with van der Waals surface area (Å²) in [6, 6.07) is 5.57. The number of rotatable bonds is 4. The average Bonchev–Trinajstić information content (AvgIpc) is 2.44. The van der Waals surface area contributed by atoms with Gasteiger partial charge in [-0.2, -0.15) is 0 Å². The number of carbonyl (C=O) groups excluding carboxylic acids is 1. The predicted molar refractivity (Wildman–Crippen MR) is 76.3 cm³/mol. The first-order valence-electron chi connectivity index (χ1n) is 6.80. The molecule has 1 aromatic rings. The van der Waals surface area contributed by atoms with Gasteiger partial charge in [0.15, 0.2) is 6.10 Å². The third-order valence-electron chi connectivity index (χ3n) is 3.44. The quantitative estimate of drug-likeness (QED) is 0.819. The number of aliphatic hydroxyl groups is 1. The van der Waals surface area contributed by atoms with E-state index in [0.29, 0.717) is 5.75 Å². The van der Waals surface area contributed by atoms with Crippen LogP contribution < -0.4 is 10.1 Å². The lowest BCUT2D eigenvalue weighted by Crippen LogP contribution is -2.36. The molecule has 1 aliphatic carbocycles. The fourth-order valence-electron chi connectivity index (χ4n) is 2.38. The van der Waals surface area contributed by atoms with E-state index in [1.165, 1.54) is 0 Å². The summed E-state index contributed by atoms with van der Waals surface area (Å²) in [5.74, 6) is 2.75. The highest BCUT2D eigenvalue weighted by molar-refractivity contribution is 5.80. The zero-order valence-corrected chi connectivity index (χ0v) is 11.6. The molecule has 2 unspecified atom stereocenters. The molecule has 106 valence electrons. The monoisotopic (exact) mass is 273 g/mol. The van der Waals surface area contributed by atoms with Gasteiger partial charge < -0.3 is 15.2 Å². The van der Waals surface area contributed by atoms with Gasteiger partial charge in [0.25, 0.3) is 5.91 Å². The number of terminal acetylenes is 1. The van der Waals surface area contributed by atoms with Gasteiger partial charge in [-0.25, -0.2) is 0 Å². The van der Waals surface area contributed by atoms with Gasteiger partial charge in [0.1, 0.15) is 5.75 Å². The molecule has 1 aromatic carbocycles. The molecule has 0 aromatic heterocycles. The van der Waals surface area contributed by atoms with Gasteiger partial charge in [0.2, 0.25) is 0 Å². The van der Waals surface area contributed by atoms with Crippen molar-refractivity contribution in [1.29, 1.82) is 0 Å². The first-order valence-corrected chi connectivity index (χ1v) is 6.80. The van der Waals surface area contributed by atoms with Crippen LogP contribution in [0.4, 0.5) is 0 Å². The smallest absolute Gasteiger partial charge is 0.261 e. The first kappa shape index (κ1) is 14.4. The van der Waals surface area contributed by atoms with E-state index < -0.39 is 6.10 Å². The molecule has 1 amide bonds. The highest BCUT2D eigenvalue weighted by Crippen LogP contribution is 2.32. The summed E-state index contributed by atoms with van der Waals surface area (Å²) in [4.78, 5) is 11.7. The van der Waals surface area contributed by atoms with Crippen molar-refractivity contribution in [3.05, 3.63) is 29.3 Å². The maximum absolute atomic E-state index is 11.7. The van der Waals surface area contributed by atoms with E-state index in [0.717, 1.165) is 30.4 Å². The predicted octanol–water partition coefficient (Wildman–Crippen LogP) is 1.57. The molecule has 0 heterocycles. The second-order valence-corrected chi connectivity index (χ2v) is 4.95. The second kappa shape index (κ2) is 6.44. The maximum atomic E-state index is 11.7. The SMILES string of the molecule is C#CCNC(=O)C(C)Oc1ccc2c(c1)CCCC2O. The number of aryl methyl sites for hydroxylation is 1. The van der Waals surface area contributed by atoms with E-state index in [9.17, 15) is 9.90 Å². The molecule has 0 aliphatic heterocycles. The lowest BCUT2D eigenvalue weighted by atomic mass is 9.89. The minimum Gasteiger partial charge on any atom is -0.481 e. The van der Waals surface area contributed by atoms with Crippen molar-refractivity contribution in [2.24, 2.45) is 0 Å². The van der Waals surface area contributed by atoms with Crippen LogP contribution in [0.5, 0.6) is 5.75 Å². The maximum Gasteiger partial charge on any atom is 0.261 e. The minimum absolute atomic E-state index is 0.197. The molecule has 0 bridgehead atoms. The van der Waals surface area contributed by atoms with Crippen LogP contribution in [0.15, 0.2) is 18.2 Å². The summed E-state index contributed by atoms with van der Waals surface area (Å²) < 4.78 is 5.61. The Morgan fingerprint density at radius 1 is 1.65 bits per heavy atom. The molecule has 1 aliphatic rings. The molecule has 2 rings (SSSR count). The first-order chi connectivity index (χ1) is 9.61. The molecule has 2 atom stereocenters. The Hall–Kier alpha value is -1.99. The normalized spacial score (nSPS) is 18.6. The minimum atomic E-state index is -0.602. The van der Waals surface area contributed by atoms with Gasteiger partial charge in [-0.3, -0.25) is 4.79 Å².